The smallest absolute Gasteiger partial charge is 0.319 e. The molecule has 7 nitrogen and oxygen atoms in total. The molecule has 2 N–H and O–H groups in total. The summed E-state index contributed by atoms with van der Waals surface area (Å²) < 4.78 is 5.32. The van der Waals surface area contributed by atoms with Gasteiger partial charge in [0.1, 0.15) is 0 Å². The first-order valence-electron chi connectivity index (χ1n) is 7.56. The van der Waals surface area contributed by atoms with Crippen molar-refractivity contribution in [2.24, 2.45) is 0 Å². The lowest BCUT2D eigenvalue weighted by atomic mass is 10.3. The van der Waals surface area contributed by atoms with Crippen molar-refractivity contribution in [1.82, 2.24) is 15.3 Å². The van der Waals surface area contributed by atoms with Crippen LogP contribution in [0.1, 0.15) is 5.69 Å². The molecule has 2 heterocycles. The van der Waals surface area contributed by atoms with Crippen LogP contribution in [-0.4, -0.2) is 42.3 Å². The number of ether oxygens (including phenoxy) is 1. The molecule has 3 rings (SSSR count). The Morgan fingerprint density at radius 1 is 1.17 bits per heavy atom. The lowest BCUT2D eigenvalue weighted by Gasteiger charge is -2.26. The van der Waals surface area contributed by atoms with Crippen molar-refractivity contribution in [3.05, 3.63) is 48.3 Å². The number of urea groups is 1. The maximum absolute atomic E-state index is 11.9. The van der Waals surface area contributed by atoms with E-state index in [1.807, 2.05) is 30.3 Å². The summed E-state index contributed by atoms with van der Waals surface area (Å²) in [6, 6.07) is 10.8. The van der Waals surface area contributed by atoms with E-state index in [4.69, 9.17) is 4.74 Å². The largest absolute Gasteiger partial charge is 0.378 e. The third-order valence-corrected chi connectivity index (χ3v) is 3.46. The number of para-hydroxylation sites is 1. The number of amides is 2. The molecule has 0 spiro atoms. The van der Waals surface area contributed by atoms with Gasteiger partial charge in [-0.05, 0) is 18.2 Å². The minimum atomic E-state index is -0.261. The molecular formula is C16H19N5O2. The van der Waals surface area contributed by atoms with E-state index < -0.39 is 0 Å². The second-order valence-corrected chi connectivity index (χ2v) is 5.12. The molecule has 0 atom stereocenters. The van der Waals surface area contributed by atoms with Gasteiger partial charge >= 0.3 is 6.03 Å². The predicted molar refractivity (Wildman–Crippen MR) is 87.4 cm³/mol. The molecule has 0 bridgehead atoms. The average Bonchev–Trinajstić information content (AvgIpc) is 2.62. The molecule has 0 radical (unpaired) electrons. The molecule has 1 saturated heterocycles. The lowest BCUT2D eigenvalue weighted by molar-refractivity contribution is 0.122. The van der Waals surface area contributed by atoms with Gasteiger partial charge in [0.25, 0.3) is 0 Å². The van der Waals surface area contributed by atoms with Gasteiger partial charge < -0.3 is 20.3 Å². The van der Waals surface area contributed by atoms with Gasteiger partial charge in [-0.3, -0.25) is 0 Å². The number of benzene rings is 1. The van der Waals surface area contributed by atoms with Crippen LogP contribution in [0.25, 0.3) is 0 Å². The second-order valence-electron chi connectivity index (χ2n) is 5.12. The van der Waals surface area contributed by atoms with Crippen LogP contribution in [0, 0.1) is 0 Å². The highest BCUT2D eigenvalue weighted by Gasteiger charge is 2.14. The maximum Gasteiger partial charge on any atom is 0.319 e. The maximum atomic E-state index is 11.9. The Bertz CT molecular complexity index is 644. The number of carbonyl (C=O) groups excluding carboxylic acids is 1. The molecule has 2 aromatic rings. The minimum absolute atomic E-state index is 0.261. The van der Waals surface area contributed by atoms with E-state index in [1.165, 1.54) is 0 Å². The van der Waals surface area contributed by atoms with E-state index in [9.17, 15) is 4.79 Å². The summed E-state index contributed by atoms with van der Waals surface area (Å²) >= 11 is 0. The summed E-state index contributed by atoms with van der Waals surface area (Å²) in [5.41, 5.74) is 1.52. The predicted octanol–water partition coefficient (Wildman–Crippen LogP) is 1.63. The number of nitrogens with one attached hydrogen (secondary N) is 2. The number of anilines is 2. The number of rotatable bonds is 4. The molecule has 0 saturated carbocycles. The summed E-state index contributed by atoms with van der Waals surface area (Å²) in [6.45, 7) is 3.28. The van der Waals surface area contributed by atoms with Crippen LogP contribution >= 0.6 is 0 Å². The lowest BCUT2D eigenvalue weighted by Crippen LogP contribution is -2.37. The Labute approximate surface area is 134 Å². The number of morpholine rings is 1. The normalized spacial score (nSPS) is 14.3. The molecule has 0 aliphatic carbocycles. The second kappa shape index (κ2) is 7.55. The van der Waals surface area contributed by atoms with Crippen LogP contribution in [0.5, 0.6) is 0 Å². The molecule has 7 heteroatoms. The Balaban J connectivity index is 1.54. The first-order chi connectivity index (χ1) is 11.3. The summed E-state index contributed by atoms with van der Waals surface area (Å²) in [7, 11) is 0. The zero-order valence-electron chi connectivity index (χ0n) is 12.7. The SMILES string of the molecule is O=C(NCc1ccnc(N2CCOCC2)n1)Nc1ccccc1. The van der Waals surface area contributed by atoms with Gasteiger partial charge in [0.2, 0.25) is 5.95 Å². The van der Waals surface area contributed by atoms with Crippen molar-refractivity contribution >= 4 is 17.7 Å². The molecule has 2 amide bonds. The van der Waals surface area contributed by atoms with Crippen LogP contribution in [0.15, 0.2) is 42.6 Å². The van der Waals surface area contributed by atoms with Gasteiger partial charge in [0.05, 0.1) is 25.5 Å². The number of aromatic nitrogens is 2. The zero-order chi connectivity index (χ0) is 15.9. The van der Waals surface area contributed by atoms with Crippen LogP contribution in [0.3, 0.4) is 0 Å². The summed E-state index contributed by atoms with van der Waals surface area (Å²) in [5.74, 6) is 0.677. The number of hydrogen-bond donors (Lipinski definition) is 2. The van der Waals surface area contributed by atoms with Crippen LogP contribution in [0.4, 0.5) is 16.4 Å². The van der Waals surface area contributed by atoms with E-state index in [1.54, 1.807) is 12.3 Å². The number of carbonyl (C=O) groups is 1. The highest BCUT2D eigenvalue weighted by Crippen LogP contribution is 2.10. The quantitative estimate of drug-likeness (QED) is 0.897. The van der Waals surface area contributed by atoms with Gasteiger partial charge in [-0.1, -0.05) is 18.2 Å². The Kier molecular flexibility index (Phi) is 5.00. The third kappa shape index (κ3) is 4.40. The first kappa shape index (κ1) is 15.2. The fraction of sp³-hybridized carbons (Fsp3) is 0.312. The summed E-state index contributed by atoms with van der Waals surface area (Å²) in [6.07, 6.45) is 1.71. The van der Waals surface area contributed by atoms with E-state index in [2.05, 4.69) is 25.5 Å². The van der Waals surface area contributed by atoms with Crippen molar-refractivity contribution < 1.29 is 9.53 Å². The van der Waals surface area contributed by atoms with Gasteiger partial charge in [0, 0.05) is 25.0 Å². The molecule has 1 aliphatic rings. The summed E-state index contributed by atoms with van der Waals surface area (Å²) in [5, 5.41) is 5.56. The molecule has 0 unspecified atom stereocenters. The molecule has 120 valence electrons. The first-order valence-corrected chi connectivity index (χ1v) is 7.56. The molecule has 1 aromatic carbocycles. The topological polar surface area (TPSA) is 79.4 Å². The van der Waals surface area contributed by atoms with E-state index in [0.29, 0.717) is 25.7 Å². The number of hydrogen-bond acceptors (Lipinski definition) is 5. The van der Waals surface area contributed by atoms with Crippen molar-refractivity contribution in [1.29, 1.82) is 0 Å². The molecule has 1 fully saturated rings. The van der Waals surface area contributed by atoms with Crippen molar-refractivity contribution in [2.45, 2.75) is 6.54 Å². The Morgan fingerprint density at radius 2 is 1.96 bits per heavy atom. The van der Waals surface area contributed by atoms with Gasteiger partial charge in [0.15, 0.2) is 0 Å². The van der Waals surface area contributed by atoms with E-state index >= 15 is 0 Å². The molecule has 1 aliphatic heterocycles. The van der Waals surface area contributed by atoms with Crippen molar-refractivity contribution in [3.8, 4) is 0 Å². The highest BCUT2D eigenvalue weighted by atomic mass is 16.5. The Morgan fingerprint density at radius 3 is 2.74 bits per heavy atom. The summed E-state index contributed by atoms with van der Waals surface area (Å²) in [4.78, 5) is 22.7. The van der Waals surface area contributed by atoms with Crippen LogP contribution in [0.2, 0.25) is 0 Å². The molecule has 1 aromatic heterocycles. The highest BCUT2D eigenvalue weighted by molar-refractivity contribution is 5.89. The van der Waals surface area contributed by atoms with Crippen LogP contribution < -0.4 is 15.5 Å². The monoisotopic (exact) mass is 313 g/mol. The van der Waals surface area contributed by atoms with Crippen molar-refractivity contribution in [3.63, 3.8) is 0 Å². The van der Waals surface area contributed by atoms with Crippen molar-refractivity contribution in [2.75, 3.05) is 36.5 Å². The zero-order valence-corrected chi connectivity index (χ0v) is 12.7. The fourth-order valence-corrected chi connectivity index (χ4v) is 2.27. The van der Waals surface area contributed by atoms with E-state index in [0.717, 1.165) is 24.5 Å². The van der Waals surface area contributed by atoms with E-state index in [-0.39, 0.29) is 6.03 Å². The molecule has 23 heavy (non-hydrogen) atoms. The van der Waals surface area contributed by atoms with Crippen LogP contribution in [-0.2, 0) is 11.3 Å². The third-order valence-electron chi connectivity index (χ3n) is 3.46. The Hall–Kier alpha value is -2.67. The molecular weight excluding hydrogens is 294 g/mol. The minimum Gasteiger partial charge on any atom is -0.378 e. The van der Waals surface area contributed by atoms with Gasteiger partial charge in [-0.2, -0.15) is 0 Å². The van der Waals surface area contributed by atoms with Gasteiger partial charge in [-0.15, -0.1) is 0 Å². The number of nitrogens with zero attached hydrogens (tertiary/aromatic N) is 3. The average molecular weight is 313 g/mol. The fourth-order valence-electron chi connectivity index (χ4n) is 2.27. The standard InChI is InChI=1S/C16H19N5O2/c22-16(20-13-4-2-1-3-5-13)18-12-14-6-7-17-15(19-14)21-8-10-23-11-9-21/h1-7H,8-12H2,(H2,18,20,22). The van der Waals surface area contributed by atoms with Gasteiger partial charge in [-0.25, -0.2) is 14.8 Å².